The van der Waals surface area contributed by atoms with Gasteiger partial charge in [-0.15, -0.1) is 0 Å². The summed E-state index contributed by atoms with van der Waals surface area (Å²) < 4.78 is 9.75. The number of carbonyl (C=O) groups is 2. The minimum Gasteiger partial charge on any atom is -0.393 e. The van der Waals surface area contributed by atoms with Gasteiger partial charge in [-0.25, -0.2) is 0 Å². The van der Waals surface area contributed by atoms with E-state index in [1.807, 2.05) is 0 Å². The third-order valence-electron chi connectivity index (χ3n) is 2.67. The van der Waals surface area contributed by atoms with Gasteiger partial charge in [-0.2, -0.15) is 0 Å². The van der Waals surface area contributed by atoms with E-state index >= 15 is 0 Å². The van der Waals surface area contributed by atoms with Crippen molar-refractivity contribution in [3.63, 3.8) is 0 Å². The molecule has 0 aromatic carbocycles. The molecule has 2 heterocycles. The monoisotopic (exact) mass is 184 g/mol. The van der Waals surface area contributed by atoms with E-state index < -0.39 is 0 Å². The molecule has 2 aliphatic heterocycles. The number of rotatable bonds is 1. The second-order valence-electron chi connectivity index (χ2n) is 3.58. The van der Waals surface area contributed by atoms with Gasteiger partial charge in [0.25, 0.3) is 0 Å². The van der Waals surface area contributed by atoms with Crippen molar-refractivity contribution in [3.8, 4) is 0 Å². The summed E-state index contributed by atoms with van der Waals surface area (Å²) >= 11 is 0. The molecule has 0 aromatic rings. The van der Waals surface area contributed by atoms with E-state index in [4.69, 9.17) is 4.74 Å². The highest BCUT2D eigenvalue weighted by Crippen LogP contribution is 2.29. The molecule has 13 heavy (non-hydrogen) atoms. The van der Waals surface area contributed by atoms with Crippen LogP contribution in [0.2, 0.25) is 0 Å². The molecule has 4 nitrogen and oxygen atoms in total. The van der Waals surface area contributed by atoms with Crippen LogP contribution in [0.1, 0.15) is 19.3 Å². The highest BCUT2D eigenvalue weighted by atomic mass is 16.6. The van der Waals surface area contributed by atoms with Crippen molar-refractivity contribution >= 4 is 11.9 Å². The van der Waals surface area contributed by atoms with Crippen LogP contribution in [0.5, 0.6) is 0 Å². The Morgan fingerprint density at radius 1 is 1.31 bits per heavy atom. The van der Waals surface area contributed by atoms with Crippen LogP contribution in [0.4, 0.5) is 0 Å². The molecule has 72 valence electrons. The lowest BCUT2D eigenvalue weighted by atomic mass is 9.87. The van der Waals surface area contributed by atoms with Crippen molar-refractivity contribution in [2.45, 2.75) is 19.3 Å². The zero-order valence-electron chi connectivity index (χ0n) is 7.32. The first-order chi connectivity index (χ1) is 6.27. The van der Waals surface area contributed by atoms with E-state index in [1.54, 1.807) is 0 Å². The zero-order valence-corrected chi connectivity index (χ0v) is 7.32. The average molecular weight is 184 g/mol. The third-order valence-corrected chi connectivity index (χ3v) is 2.67. The van der Waals surface area contributed by atoms with Crippen molar-refractivity contribution in [3.05, 3.63) is 0 Å². The van der Waals surface area contributed by atoms with Gasteiger partial charge in [0.2, 0.25) is 0 Å². The van der Waals surface area contributed by atoms with Crippen molar-refractivity contribution in [1.29, 1.82) is 0 Å². The molecule has 2 fully saturated rings. The SMILES string of the molecule is O=C1CC(C2CCCOC2)C(=O)O1. The maximum Gasteiger partial charge on any atom is 0.317 e. The first-order valence-electron chi connectivity index (χ1n) is 4.59. The van der Waals surface area contributed by atoms with E-state index in [-0.39, 0.29) is 30.2 Å². The molecule has 2 aliphatic rings. The van der Waals surface area contributed by atoms with E-state index in [0.29, 0.717) is 6.61 Å². The fraction of sp³-hybridized carbons (Fsp3) is 0.778. The van der Waals surface area contributed by atoms with E-state index in [1.165, 1.54) is 0 Å². The number of esters is 2. The molecule has 4 heteroatoms. The Balaban J connectivity index is 1.99. The quantitative estimate of drug-likeness (QED) is 0.440. The Morgan fingerprint density at radius 2 is 2.15 bits per heavy atom. The van der Waals surface area contributed by atoms with Crippen LogP contribution in [0, 0.1) is 11.8 Å². The van der Waals surface area contributed by atoms with Gasteiger partial charge in [-0.1, -0.05) is 0 Å². The fourth-order valence-corrected chi connectivity index (χ4v) is 1.93. The maximum atomic E-state index is 11.2. The predicted molar refractivity (Wildman–Crippen MR) is 42.7 cm³/mol. The van der Waals surface area contributed by atoms with Crippen molar-refractivity contribution in [2.24, 2.45) is 11.8 Å². The molecule has 2 unspecified atom stereocenters. The lowest BCUT2D eigenvalue weighted by Crippen LogP contribution is -2.27. The van der Waals surface area contributed by atoms with Crippen molar-refractivity contribution in [1.82, 2.24) is 0 Å². The van der Waals surface area contributed by atoms with Crippen LogP contribution >= 0.6 is 0 Å². The molecule has 2 saturated heterocycles. The zero-order chi connectivity index (χ0) is 9.26. The summed E-state index contributed by atoms with van der Waals surface area (Å²) in [5, 5.41) is 0. The molecule has 2 rings (SSSR count). The summed E-state index contributed by atoms with van der Waals surface area (Å²) in [5.41, 5.74) is 0. The van der Waals surface area contributed by atoms with Gasteiger partial charge in [-0.3, -0.25) is 9.59 Å². The third kappa shape index (κ3) is 1.72. The van der Waals surface area contributed by atoms with Crippen molar-refractivity contribution in [2.75, 3.05) is 13.2 Å². The molecular formula is C9H12O4. The highest BCUT2D eigenvalue weighted by molar-refractivity contribution is 5.94. The summed E-state index contributed by atoms with van der Waals surface area (Å²) in [7, 11) is 0. The van der Waals surface area contributed by atoms with Gasteiger partial charge < -0.3 is 9.47 Å². The fourth-order valence-electron chi connectivity index (χ4n) is 1.93. The van der Waals surface area contributed by atoms with Crippen LogP contribution in [-0.4, -0.2) is 25.2 Å². The Hall–Kier alpha value is -0.900. The number of cyclic esters (lactones) is 2. The van der Waals surface area contributed by atoms with Crippen molar-refractivity contribution < 1.29 is 19.1 Å². The first kappa shape index (κ1) is 8.69. The summed E-state index contributed by atoms with van der Waals surface area (Å²) in [6.07, 6.45) is 2.18. The van der Waals surface area contributed by atoms with Gasteiger partial charge in [0.15, 0.2) is 0 Å². The van der Waals surface area contributed by atoms with Crippen LogP contribution in [-0.2, 0) is 19.1 Å². The largest absolute Gasteiger partial charge is 0.393 e. The molecular weight excluding hydrogens is 172 g/mol. The Morgan fingerprint density at radius 3 is 2.69 bits per heavy atom. The van der Waals surface area contributed by atoms with Crippen LogP contribution in [0.25, 0.3) is 0 Å². The molecule has 0 N–H and O–H groups in total. The Kier molecular flexibility index (Phi) is 2.31. The first-order valence-corrected chi connectivity index (χ1v) is 4.59. The number of hydrogen-bond donors (Lipinski definition) is 0. The molecule has 0 aromatic heterocycles. The summed E-state index contributed by atoms with van der Waals surface area (Å²) in [6, 6.07) is 0. The second-order valence-corrected chi connectivity index (χ2v) is 3.58. The standard InChI is InChI=1S/C9H12O4/c10-8-4-7(9(11)13-8)6-2-1-3-12-5-6/h6-7H,1-5H2. The lowest BCUT2D eigenvalue weighted by molar-refractivity contribution is -0.154. The summed E-state index contributed by atoms with van der Waals surface area (Å²) in [4.78, 5) is 22.0. The Labute approximate surface area is 76.2 Å². The Bertz CT molecular complexity index is 230. The smallest absolute Gasteiger partial charge is 0.317 e. The molecule has 0 aliphatic carbocycles. The van der Waals surface area contributed by atoms with Crippen LogP contribution in [0.3, 0.4) is 0 Å². The van der Waals surface area contributed by atoms with Gasteiger partial charge in [-0.05, 0) is 18.8 Å². The lowest BCUT2D eigenvalue weighted by Gasteiger charge is -2.24. The predicted octanol–water partition coefficient (Wildman–Crippen LogP) is 0.503. The summed E-state index contributed by atoms with van der Waals surface area (Å²) in [5.74, 6) is -0.804. The molecule has 0 spiro atoms. The minimum atomic E-state index is -0.388. The van der Waals surface area contributed by atoms with Gasteiger partial charge in [0.1, 0.15) is 0 Å². The van der Waals surface area contributed by atoms with E-state index in [2.05, 4.69) is 4.74 Å². The second kappa shape index (κ2) is 3.46. The summed E-state index contributed by atoms with van der Waals surface area (Å²) in [6.45, 7) is 1.36. The van der Waals surface area contributed by atoms with E-state index in [0.717, 1.165) is 19.4 Å². The van der Waals surface area contributed by atoms with E-state index in [9.17, 15) is 9.59 Å². The van der Waals surface area contributed by atoms with Crippen LogP contribution < -0.4 is 0 Å². The molecule has 0 amide bonds. The highest BCUT2D eigenvalue weighted by Gasteiger charge is 2.39. The normalized spacial score (nSPS) is 34.8. The van der Waals surface area contributed by atoms with Gasteiger partial charge in [0, 0.05) is 6.61 Å². The molecule has 0 saturated carbocycles. The molecule has 0 radical (unpaired) electrons. The molecule has 2 atom stereocenters. The topological polar surface area (TPSA) is 52.6 Å². The number of ether oxygens (including phenoxy) is 2. The number of carbonyl (C=O) groups excluding carboxylic acids is 2. The minimum absolute atomic E-state index is 0.188. The molecule has 0 bridgehead atoms. The maximum absolute atomic E-state index is 11.2. The van der Waals surface area contributed by atoms with Crippen LogP contribution in [0.15, 0.2) is 0 Å². The van der Waals surface area contributed by atoms with Gasteiger partial charge >= 0.3 is 11.9 Å². The number of hydrogen-bond acceptors (Lipinski definition) is 4. The average Bonchev–Trinajstić information content (AvgIpc) is 2.47. The van der Waals surface area contributed by atoms with Gasteiger partial charge in [0.05, 0.1) is 18.9 Å².